The van der Waals surface area contributed by atoms with Crippen LogP contribution in [0.25, 0.3) is 11.0 Å². The third-order valence-electron chi connectivity index (χ3n) is 14.2. The second-order valence-electron chi connectivity index (χ2n) is 18.9. The molecule has 2 atom stereocenters. The summed E-state index contributed by atoms with van der Waals surface area (Å²) in [5, 5.41) is 17.6. The third-order valence-corrected chi connectivity index (χ3v) is 15.0. The number of benzene rings is 3. The highest BCUT2D eigenvalue weighted by molar-refractivity contribution is 7.98. The molecule has 4 heterocycles. The number of halogens is 1. The number of H-pyrrole nitrogens is 1. The lowest BCUT2D eigenvalue weighted by Gasteiger charge is -2.57. The predicted molar refractivity (Wildman–Crippen MR) is 245 cm³/mol. The molecule has 1 amide bonds. The number of ether oxygens (including phenoxy) is 1. The topological polar surface area (TPSA) is 135 Å². The Hall–Kier alpha value is -4.98. The second-order valence-corrected chi connectivity index (χ2v) is 19.8. The van der Waals surface area contributed by atoms with Crippen LogP contribution in [-0.4, -0.2) is 70.2 Å². The van der Waals surface area contributed by atoms with Crippen LogP contribution in [0.15, 0.2) is 89.1 Å². The van der Waals surface area contributed by atoms with Gasteiger partial charge in [0.15, 0.2) is 5.75 Å². The summed E-state index contributed by atoms with van der Waals surface area (Å²) in [6.07, 6.45) is 11.0. The molecule has 4 fully saturated rings. The molecule has 9 rings (SSSR count). The Bertz CT molecular complexity index is 2410. The van der Waals surface area contributed by atoms with E-state index in [1.807, 2.05) is 25.1 Å². The maximum atomic E-state index is 15.4. The van der Waals surface area contributed by atoms with Crippen molar-refractivity contribution >= 4 is 46.0 Å². The highest BCUT2D eigenvalue weighted by Gasteiger charge is 2.49. The van der Waals surface area contributed by atoms with E-state index in [-0.39, 0.29) is 22.7 Å². The van der Waals surface area contributed by atoms with Crippen molar-refractivity contribution in [2.75, 3.05) is 42.9 Å². The summed E-state index contributed by atoms with van der Waals surface area (Å²) in [4.78, 5) is 38.5. The van der Waals surface area contributed by atoms with E-state index in [4.69, 9.17) is 4.74 Å². The summed E-state index contributed by atoms with van der Waals surface area (Å²) in [5.41, 5.74) is 5.18. The zero-order chi connectivity index (χ0) is 43.0. The molecule has 0 bridgehead atoms. The number of carbonyl (C=O) groups excluding carboxylic acids is 1. The molecule has 2 saturated carbocycles. The lowest BCUT2D eigenvalue weighted by atomic mass is 9.70. The van der Waals surface area contributed by atoms with Crippen LogP contribution in [0, 0.1) is 22.2 Å². The number of rotatable bonds is 13. The number of pyridine rings is 1. The highest BCUT2D eigenvalue weighted by Crippen LogP contribution is 2.49. The van der Waals surface area contributed by atoms with E-state index in [9.17, 15) is 14.8 Å². The van der Waals surface area contributed by atoms with E-state index in [0.717, 1.165) is 82.3 Å². The van der Waals surface area contributed by atoms with E-state index in [1.165, 1.54) is 24.8 Å². The molecule has 2 aromatic heterocycles. The number of likely N-dealkylation sites (tertiary alicyclic amines) is 1. The summed E-state index contributed by atoms with van der Waals surface area (Å²) >= 11 is 1.06. The van der Waals surface area contributed by atoms with Crippen molar-refractivity contribution in [3.05, 3.63) is 107 Å². The van der Waals surface area contributed by atoms with Gasteiger partial charge in [-0.3, -0.25) is 14.4 Å². The first-order valence-electron chi connectivity index (χ1n) is 22.4. The fourth-order valence-corrected chi connectivity index (χ4v) is 11.2. The molecule has 1 spiro atoms. The molecule has 326 valence electrons. The summed E-state index contributed by atoms with van der Waals surface area (Å²) < 4.78 is 24.5. The van der Waals surface area contributed by atoms with Crippen LogP contribution < -0.4 is 19.7 Å². The molecular formula is C49H58FN7O4S. The fourth-order valence-electron chi connectivity index (χ4n) is 10.5. The molecule has 0 unspecified atom stereocenters. The number of fused-ring (bicyclic) bond motifs is 1. The molecule has 62 heavy (non-hydrogen) atoms. The van der Waals surface area contributed by atoms with Crippen LogP contribution in [0.5, 0.6) is 11.5 Å². The molecular weight excluding hydrogens is 802 g/mol. The van der Waals surface area contributed by atoms with E-state index < -0.39 is 17.5 Å². The Morgan fingerprint density at radius 1 is 1.00 bits per heavy atom. The van der Waals surface area contributed by atoms with Crippen LogP contribution >= 0.6 is 11.9 Å². The van der Waals surface area contributed by atoms with E-state index in [1.54, 1.807) is 42.1 Å². The molecule has 5 aromatic rings. The van der Waals surface area contributed by atoms with Gasteiger partial charge in [-0.05, 0) is 152 Å². The maximum absolute atomic E-state index is 15.4. The first kappa shape index (κ1) is 42.3. The Morgan fingerprint density at radius 2 is 1.79 bits per heavy atom. The lowest BCUT2D eigenvalue weighted by Crippen LogP contribution is -2.63. The van der Waals surface area contributed by atoms with Crippen molar-refractivity contribution in [3.63, 3.8) is 0 Å². The summed E-state index contributed by atoms with van der Waals surface area (Å²) in [7, 11) is 0. The number of hydrogen-bond donors (Lipinski definition) is 4. The largest absolute Gasteiger partial charge is 0.452 e. The molecule has 2 aliphatic heterocycles. The Labute approximate surface area is 367 Å². The standard InChI is InChI=1S/C49H58FN7O4S/c1-31(2)36-7-4-5-8-37(36)38-9-6-10-42(38)57-29-49(30-57)20-23-56(24-21-49)34-11-13-39(43(26-34)61-44-25-33-17-22-51-46(33)53-45(44)50)47(58)55-62-35-12-14-40(41(27-35)54-60)52-28-32-15-18-48(3,59)19-16-32/h4-5,7-8,11-14,17,22,25-27,31-32,38,42,52,59H,6,9-10,15-16,18-21,23-24,28-30H2,1-3H3,(H,51,53)(H,55,58)/t32-,38-,42-,48-/m1/s1. The van der Waals surface area contributed by atoms with E-state index in [0.29, 0.717) is 57.4 Å². The van der Waals surface area contributed by atoms with Gasteiger partial charge in [-0.1, -0.05) is 44.5 Å². The van der Waals surface area contributed by atoms with Gasteiger partial charge >= 0.3 is 0 Å². The number of amides is 1. The van der Waals surface area contributed by atoms with Gasteiger partial charge in [0.05, 0.1) is 16.9 Å². The van der Waals surface area contributed by atoms with Crippen molar-refractivity contribution in [2.45, 2.75) is 107 Å². The number of aliphatic hydroxyl groups is 1. The van der Waals surface area contributed by atoms with Gasteiger partial charge in [0.1, 0.15) is 17.1 Å². The normalized spacial score (nSPS) is 23.7. The van der Waals surface area contributed by atoms with Crippen LogP contribution in [0.4, 0.5) is 21.5 Å². The maximum Gasteiger partial charge on any atom is 0.265 e. The summed E-state index contributed by atoms with van der Waals surface area (Å²) in [5.74, 6) is 0.447. The van der Waals surface area contributed by atoms with Crippen LogP contribution in [0.1, 0.15) is 112 Å². The van der Waals surface area contributed by atoms with Gasteiger partial charge in [0, 0.05) is 67.0 Å². The number of nitrogens with one attached hydrogen (secondary N) is 3. The molecule has 4 N–H and O–H groups in total. The van der Waals surface area contributed by atoms with Crippen molar-refractivity contribution in [1.82, 2.24) is 19.6 Å². The first-order valence-corrected chi connectivity index (χ1v) is 23.2. The van der Waals surface area contributed by atoms with Gasteiger partial charge in [-0.15, -0.1) is 4.91 Å². The first-order chi connectivity index (χ1) is 30.0. The van der Waals surface area contributed by atoms with Crippen molar-refractivity contribution in [3.8, 4) is 11.5 Å². The smallest absolute Gasteiger partial charge is 0.265 e. The number of aromatic nitrogens is 2. The molecule has 13 heteroatoms. The molecule has 4 aliphatic rings. The van der Waals surface area contributed by atoms with E-state index >= 15 is 4.39 Å². The number of nitrogens with zero attached hydrogens (tertiary/aromatic N) is 4. The fraction of sp³-hybridized carbons (Fsp3) is 0.469. The van der Waals surface area contributed by atoms with Crippen LogP contribution in [0.2, 0.25) is 0 Å². The molecule has 3 aromatic carbocycles. The zero-order valence-electron chi connectivity index (χ0n) is 36.0. The minimum absolute atomic E-state index is 0.0762. The summed E-state index contributed by atoms with van der Waals surface area (Å²) in [6.45, 7) is 11.2. The second kappa shape index (κ2) is 17.7. The molecule has 0 radical (unpaired) electrons. The Kier molecular flexibility index (Phi) is 12.0. The lowest BCUT2D eigenvalue weighted by molar-refractivity contribution is -0.0493. The molecule has 2 aliphatic carbocycles. The minimum atomic E-state index is -0.782. The predicted octanol–water partition coefficient (Wildman–Crippen LogP) is 11.0. The van der Waals surface area contributed by atoms with Gasteiger partial charge in [-0.25, -0.2) is 0 Å². The molecule has 11 nitrogen and oxygen atoms in total. The Balaban J connectivity index is 0.868. The van der Waals surface area contributed by atoms with Gasteiger partial charge in [0.2, 0.25) is 0 Å². The quantitative estimate of drug-likeness (QED) is 0.0518. The SMILES string of the molecule is CC(C)c1ccccc1[C@H]1CCC[C@H]1N1CC2(CCN(c3ccc(C(=O)NSc4ccc(NC[C@H]5CC[C@](C)(O)CC5)c(N=O)c4)c(Oc4cc5cc[nH]c5nc4F)c3)CC2)C1. The average molecular weight is 860 g/mol. The minimum Gasteiger partial charge on any atom is -0.452 e. The number of nitroso groups, excluding NO2 is 1. The molecule has 2 saturated heterocycles. The number of aromatic amines is 1. The van der Waals surface area contributed by atoms with Gasteiger partial charge in [-0.2, -0.15) is 9.37 Å². The number of anilines is 2. The van der Waals surface area contributed by atoms with Crippen molar-refractivity contribution in [2.24, 2.45) is 16.5 Å². The zero-order valence-corrected chi connectivity index (χ0v) is 36.8. The summed E-state index contributed by atoms with van der Waals surface area (Å²) in [6, 6.07) is 23.8. The van der Waals surface area contributed by atoms with Crippen LogP contribution in [0.3, 0.4) is 0 Å². The van der Waals surface area contributed by atoms with Crippen molar-refractivity contribution in [1.29, 1.82) is 0 Å². The van der Waals surface area contributed by atoms with E-state index in [2.05, 4.69) is 73.1 Å². The van der Waals surface area contributed by atoms with Crippen LogP contribution in [-0.2, 0) is 0 Å². The van der Waals surface area contributed by atoms with Gasteiger partial charge < -0.3 is 25.0 Å². The number of hydrogen-bond acceptors (Lipinski definition) is 10. The number of piperidine rings is 1. The average Bonchev–Trinajstić information content (AvgIpc) is 3.94. The highest BCUT2D eigenvalue weighted by atomic mass is 32.2. The third kappa shape index (κ3) is 8.94. The van der Waals surface area contributed by atoms with Crippen molar-refractivity contribution < 1.29 is 19.0 Å². The number of carbonyl (C=O) groups is 1. The monoisotopic (exact) mass is 859 g/mol. The van der Waals surface area contributed by atoms with Gasteiger partial charge in [0.25, 0.3) is 11.9 Å². The Morgan fingerprint density at radius 3 is 2.56 bits per heavy atom.